The van der Waals surface area contributed by atoms with E-state index in [-0.39, 0.29) is 0 Å². The second-order valence-electron chi connectivity index (χ2n) is 6.53. The van der Waals surface area contributed by atoms with Crippen molar-refractivity contribution in [2.24, 2.45) is 11.8 Å². The van der Waals surface area contributed by atoms with Crippen molar-refractivity contribution in [2.75, 3.05) is 39.3 Å². The Balaban J connectivity index is 1.45. The zero-order chi connectivity index (χ0) is 12.4. The smallest absolute Gasteiger partial charge is 0.0431 e. The van der Waals surface area contributed by atoms with Crippen LogP contribution < -0.4 is 0 Å². The molecule has 3 heterocycles. The molecule has 3 aliphatic heterocycles. The molecule has 3 aliphatic rings. The maximum Gasteiger partial charge on any atom is 0.0431 e. The topological polar surface area (TPSA) is 26.7 Å². The second kappa shape index (κ2) is 5.89. The van der Waals surface area contributed by atoms with Crippen molar-refractivity contribution in [3.05, 3.63) is 0 Å². The number of hydrogen-bond donors (Lipinski definition) is 1. The van der Waals surface area contributed by atoms with Crippen LogP contribution in [0.1, 0.15) is 38.5 Å². The minimum absolute atomic E-state index is 0.363. The van der Waals surface area contributed by atoms with E-state index in [9.17, 15) is 0 Å². The molecule has 3 saturated heterocycles. The minimum Gasteiger partial charge on any atom is -0.396 e. The Morgan fingerprint density at radius 2 is 1.94 bits per heavy atom. The highest BCUT2D eigenvalue weighted by molar-refractivity contribution is 5.00. The van der Waals surface area contributed by atoms with Gasteiger partial charge in [0, 0.05) is 32.3 Å². The summed E-state index contributed by atoms with van der Waals surface area (Å²) in [5.41, 5.74) is 0. The first kappa shape index (κ1) is 12.9. The van der Waals surface area contributed by atoms with Crippen LogP contribution in [0.3, 0.4) is 0 Å². The zero-order valence-electron chi connectivity index (χ0n) is 11.6. The van der Waals surface area contributed by atoms with E-state index in [1.807, 2.05) is 0 Å². The number of likely N-dealkylation sites (tertiary alicyclic amines) is 1. The van der Waals surface area contributed by atoms with Gasteiger partial charge in [0.1, 0.15) is 0 Å². The molecule has 3 rings (SSSR count). The lowest BCUT2D eigenvalue weighted by Gasteiger charge is -2.33. The van der Waals surface area contributed by atoms with Crippen molar-refractivity contribution in [2.45, 2.75) is 44.6 Å². The maximum atomic E-state index is 8.80. The van der Waals surface area contributed by atoms with E-state index < -0.39 is 0 Å². The number of nitrogens with zero attached hydrogens (tertiary/aromatic N) is 2. The summed E-state index contributed by atoms with van der Waals surface area (Å²) in [7, 11) is 0. The van der Waals surface area contributed by atoms with Gasteiger partial charge >= 0.3 is 0 Å². The first-order valence-corrected chi connectivity index (χ1v) is 7.96. The molecule has 0 unspecified atom stereocenters. The largest absolute Gasteiger partial charge is 0.396 e. The standard InChI is InChI=1S/C15H28N2O/c18-9-5-1-3-7-16-10-13-11-17-8-4-2-6-15(17)14(13)12-16/h13-15,18H,1-12H2/t13-,14-,15+/m1/s1. The van der Waals surface area contributed by atoms with Gasteiger partial charge in [0.15, 0.2) is 0 Å². The van der Waals surface area contributed by atoms with Gasteiger partial charge in [-0.25, -0.2) is 0 Å². The summed E-state index contributed by atoms with van der Waals surface area (Å²) in [4.78, 5) is 5.47. The maximum absolute atomic E-state index is 8.80. The number of aliphatic hydroxyl groups excluding tert-OH is 1. The Hall–Kier alpha value is -0.120. The molecule has 18 heavy (non-hydrogen) atoms. The minimum atomic E-state index is 0.363. The molecule has 1 N–H and O–H groups in total. The molecular weight excluding hydrogens is 224 g/mol. The van der Waals surface area contributed by atoms with Crippen molar-refractivity contribution < 1.29 is 5.11 Å². The Labute approximate surface area is 111 Å². The Morgan fingerprint density at radius 1 is 1.00 bits per heavy atom. The van der Waals surface area contributed by atoms with E-state index in [4.69, 9.17) is 5.11 Å². The molecule has 3 atom stereocenters. The van der Waals surface area contributed by atoms with Gasteiger partial charge in [0.2, 0.25) is 0 Å². The van der Waals surface area contributed by atoms with Crippen LogP contribution in [0.2, 0.25) is 0 Å². The molecule has 3 fully saturated rings. The molecular formula is C15H28N2O. The van der Waals surface area contributed by atoms with E-state index in [1.165, 1.54) is 64.8 Å². The van der Waals surface area contributed by atoms with Crippen LogP contribution in [0.5, 0.6) is 0 Å². The molecule has 0 aliphatic carbocycles. The number of rotatable bonds is 5. The third kappa shape index (κ3) is 2.59. The van der Waals surface area contributed by atoms with E-state index in [2.05, 4.69) is 9.80 Å². The molecule has 0 aromatic heterocycles. The molecule has 0 aromatic carbocycles. The monoisotopic (exact) mass is 252 g/mol. The van der Waals surface area contributed by atoms with Gasteiger partial charge in [-0.1, -0.05) is 6.42 Å². The van der Waals surface area contributed by atoms with Gasteiger partial charge in [-0.15, -0.1) is 0 Å². The van der Waals surface area contributed by atoms with Crippen molar-refractivity contribution in [1.82, 2.24) is 9.80 Å². The lowest BCUT2D eigenvalue weighted by molar-refractivity contribution is 0.153. The third-order valence-electron chi connectivity index (χ3n) is 5.33. The Bertz CT molecular complexity index is 271. The van der Waals surface area contributed by atoms with Gasteiger partial charge in [-0.05, 0) is 57.0 Å². The van der Waals surface area contributed by atoms with Crippen LogP contribution in [0.4, 0.5) is 0 Å². The molecule has 0 amide bonds. The van der Waals surface area contributed by atoms with Crippen LogP contribution in [0, 0.1) is 11.8 Å². The summed E-state index contributed by atoms with van der Waals surface area (Å²) in [5.74, 6) is 1.94. The number of unbranched alkanes of at least 4 members (excludes halogenated alkanes) is 2. The number of hydrogen-bond acceptors (Lipinski definition) is 3. The normalized spacial score (nSPS) is 36.8. The van der Waals surface area contributed by atoms with Crippen LogP contribution >= 0.6 is 0 Å². The first-order chi connectivity index (χ1) is 8.88. The van der Waals surface area contributed by atoms with E-state index in [1.54, 1.807) is 0 Å². The SMILES string of the molecule is OCCCCCN1C[C@@H]2CN3CCCC[C@H]3[C@@H]2C1. The predicted molar refractivity (Wildman–Crippen MR) is 73.6 cm³/mol. The lowest BCUT2D eigenvalue weighted by atomic mass is 9.90. The highest BCUT2D eigenvalue weighted by Gasteiger charge is 2.46. The highest BCUT2D eigenvalue weighted by atomic mass is 16.2. The Kier molecular flexibility index (Phi) is 4.22. The fraction of sp³-hybridized carbons (Fsp3) is 1.00. The summed E-state index contributed by atoms with van der Waals surface area (Å²) < 4.78 is 0. The third-order valence-corrected chi connectivity index (χ3v) is 5.33. The van der Waals surface area contributed by atoms with Crippen LogP contribution in [-0.4, -0.2) is 60.3 Å². The van der Waals surface area contributed by atoms with Crippen molar-refractivity contribution in [1.29, 1.82) is 0 Å². The van der Waals surface area contributed by atoms with Crippen molar-refractivity contribution >= 4 is 0 Å². The molecule has 0 radical (unpaired) electrons. The summed E-state index contributed by atoms with van der Waals surface area (Å²) in [6.45, 7) is 7.07. The molecule has 0 saturated carbocycles. The second-order valence-corrected chi connectivity index (χ2v) is 6.53. The van der Waals surface area contributed by atoms with E-state index >= 15 is 0 Å². The average Bonchev–Trinajstić information content (AvgIpc) is 2.91. The zero-order valence-corrected chi connectivity index (χ0v) is 11.6. The fourth-order valence-corrected chi connectivity index (χ4v) is 4.45. The van der Waals surface area contributed by atoms with Crippen molar-refractivity contribution in [3.63, 3.8) is 0 Å². The Morgan fingerprint density at radius 3 is 2.83 bits per heavy atom. The molecule has 3 nitrogen and oxygen atoms in total. The van der Waals surface area contributed by atoms with Gasteiger partial charge < -0.3 is 10.0 Å². The average molecular weight is 252 g/mol. The van der Waals surface area contributed by atoms with Crippen LogP contribution in [0.25, 0.3) is 0 Å². The van der Waals surface area contributed by atoms with Crippen molar-refractivity contribution in [3.8, 4) is 0 Å². The molecule has 104 valence electrons. The molecule has 0 spiro atoms. The van der Waals surface area contributed by atoms with Crippen LogP contribution in [0.15, 0.2) is 0 Å². The predicted octanol–water partition coefficient (Wildman–Crippen LogP) is 1.57. The van der Waals surface area contributed by atoms with Gasteiger partial charge in [-0.3, -0.25) is 4.90 Å². The summed E-state index contributed by atoms with van der Waals surface area (Å²) in [6.07, 6.45) is 7.80. The summed E-state index contributed by atoms with van der Waals surface area (Å²) in [6, 6.07) is 0.922. The number of fused-ring (bicyclic) bond motifs is 3. The highest BCUT2D eigenvalue weighted by Crippen LogP contribution is 2.40. The molecule has 0 bridgehead atoms. The number of piperidine rings is 1. The van der Waals surface area contributed by atoms with Gasteiger partial charge in [0.25, 0.3) is 0 Å². The quantitative estimate of drug-likeness (QED) is 0.752. The number of aliphatic hydroxyl groups is 1. The van der Waals surface area contributed by atoms with E-state index in [0.717, 1.165) is 24.3 Å². The van der Waals surface area contributed by atoms with E-state index in [0.29, 0.717) is 6.61 Å². The molecule has 0 aromatic rings. The lowest BCUT2D eigenvalue weighted by Crippen LogP contribution is -2.39. The molecule has 3 heteroatoms. The summed E-state index contributed by atoms with van der Waals surface area (Å²) >= 11 is 0. The summed E-state index contributed by atoms with van der Waals surface area (Å²) in [5, 5.41) is 8.80. The van der Waals surface area contributed by atoms with Crippen LogP contribution in [-0.2, 0) is 0 Å². The van der Waals surface area contributed by atoms with Gasteiger partial charge in [0.05, 0.1) is 0 Å². The first-order valence-electron chi connectivity index (χ1n) is 7.96. The van der Waals surface area contributed by atoms with Gasteiger partial charge in [-0.2, -0.15) is 0 Å². The fourth-order valence-electron chi connectivity index (χ4n) is 4.45.